The van der Waals surface area contributed by atoms with Crippen LogP contribution in [0, 0.1) is 12.7 Å². The number of carbonyl (C=O) groups is 2. The van der Waals surface area contributed by atoms with Crippen LogP contribution in [-0.2, 0) is 0 Å². The Bertz CT molecular complexity index is 838. The molecule has 0 unspecified atom stereocenters. The lowest BCUT2D eigenvalue weighted by Gasteiger charge is -2.12. The largest absolute Gasteiger partial charge is 0.446 e. The van der Waals surface area contributed by atoms with E-state index in [1.165, 1.54) is 37.3 Å². The molecule has 0 saturated carbocycles. The Hall–Kier alpha value is -2.26. The number of aryl methyl sites for hydroxylation is 1. The van der Waals surface area contributed by atoms with Crippen molar-refractivity contribution in [2.75, 3.05) is 5.32 Å². The summed E-state index contributed by atoms with van der Waals surface area (Å²) >= 11 is 5.46. The van der Waals surface area contributed by atoms with Crippen molar-refractivity contribution in [1.29, 1.82) is 0 Å². The summed E-state index contributed by atoms with van der Waals surface area (Å²) in [6, 6.07) is 6.38. The van der Waals surface area contributed by atoms with Crippen LogP contribution in [0.5, 0.6) is 0 Å². The number of halogens is 5. The fourth-order valence-electron chi connectivity index (χ4n) is 2.01. The summed E-state index contributed by atoms with van der Waals surface area (Å²) in [6.45, 7) is 1.45. The molecule has 0 heterocycles. The molecule has 0 spiro atoms. The Morgan fingerprint density at radius 3 is 2.42 bits per heavy atom. The van der Waals surface area contributed by atoms with Crippen molar-refractivity contribution >= 4 is 41.0 Å². The molecule has 0 atom stereocenters. The van der Waals surface area contributed by atoms with Gasteiger partial charge in [0.1, 0.15) is 5.82 Å². The normalized spacial score (nSPS) is 11.2. The van der Waals surface area contributed by atoms with Crippen LogP contribution in [0.25, 0.3) is 0 Å². The lowest BCUT2D eigenvalue weighted by Crippen LogP contribution is -2.35. The van der Waals surface area contributed by atoms with Crippen molar-refractivity contribution in [3.8, 4) is 0 Å². The van der Waals surface area contributed by atoms with Gasteiger partial charge in [0.15, 0.2) is 0 Å². The van der Waals surface area contributed by atoms with Gasteiger partial charge < -0.3 is 5.32 Å². The van der Waals surface area contributed by atoms with Gasteiger partial charge in [0.25, 0.3) is 5.91 Å². The monoisotopic (exact) mass is 406 g/mol. The maximum Gasteiger partial charge on any atom is 0.446 e. The van der Waals surface area contributed by atoms with Crippen LogP contribution in [0.2, 0.25) is 5.02 Å². The summed E-state index contributed by atoms with van der Waals surface area (Å²) in [4.78, 5) is 23.8. The minimum atomic E-state index is -4.43. The highest BCUT2D eigenvalue weighted by Crippen LogP contribution is 2.38. The molecule has 0 aliphatic carbocycles. The third-order valence-corrected chi connectivity index (χ3v) is 4.30. The number of alkyl halides is 3. The minimum absolute atomic E-state index is 0.0160. The van der Waals surface area contributed by atoms with E-state index in [0.29, 0.717) is 0 Å². The molecule has 26 heavy (non-hydrogen) atoms. The fraction of sp³-hybridized carbons (Fsp3) is 0.125. The van der Waals surface area contributed by atoms with E-state index in [1.807, 2.05) is 5.32 Å². The van der Waals surface area contributed by atoms with E-state index in [4.69, 9.17) is 11.6 Å². The SMILES string of the molecule is Cc1cc(NC(=O)NC(=O)c2c(F)cccc2Cl)ccc1SC(F)(F)F. The molecule has 3 amide bonds. The number of benzene rings is 2. The number of hydrogen-bond donors (Lipinski definition) is 2. The number of carbonyl (C=O) groups excluding carboxylic acids is 2. The van der Waals surface area contributed by atoms with Crippen molar-refractivity contribution in [2.24, 2.45) is 0 Å². The molecular formula is C16H11ClF4N2O2S. The van der Waals surface area contributed by atoms with Crippen molar-refractivity contribution in [3.63, 3.8) is 0 Å². The average Bonchev–Trinajstić information content (AvgIpc) is 2.48. The molecule has 0 fully saturated rings. The van der Waals surface area contributed by atoms with Gasteiger partial charge in [0, 0.05) is 10.6 Å². The van der Waals surface area contributed by atoms with Crippen molar-refractivity contribution in [3.05, 3.63) is 58.4 Å². The maximum atomic E-state index is 13.6. The van der Waals surface area contributed by atoms with Crippen LogP contribution < -0.4 is 10.6 Å². The second kappa shape index (κ2) is 7.96. The molecule has 2 aromatic rings. The average molecular weight is 407 g/mol. The number of urea groups is 1. The van der Waals surface area contributed by atoms with Crippen LogP contribution in [-0.4, -0.2) is 17.4 Å². The van der Waals surface area contributed by atoms with Gasteiger partial charge in [-0.1, -0.05) is 17.7 Å². The summed E-state index contributed by atoms with van der Waals surface area (Å²) in [5.74, 6) is -1.95. The smallest absolute Gasteiger partial charge is 0.308 e. The highest BCUT2D eigenvalue weighted by atomic mass is 35.5. The van der Waals surface area contributed by atoms with Crippen molar-refractivity contribution in [1.82, 2.24) is 5.32 Å². The van der Waals surface area contributed by atoms with E-state index in [2.05, 4.69) is 5.32 Å². The van der Waals surface area contributed by atoms with E-state index < -0.39 is 28.8 Å². The Balaban J connectivity index is 2.06. The molecule has 0 radical (unpaired) electrons. The van der Waals surface area contributed by atoms with Gasteiger partial charge in [-0.05, 0) is 54.6 Å². The molecular weight excluding hydrogens is 396 g/mol. The van der Waals surface area contributed by atoms with Gasteiger partial charge in [0.2, 0.25) is 0 Å². The van der Waals surface area contributed by atoms with Gasteiger partial charge >= 0.3 is 11.5 Å². The number of imide groups is 1. The first-order chi connectivity index (χ1) is 12.1. The van der Waals surface area contributed by atoms with Gasteiger partial charge in [-0.3, -0.25) is 10.1 Å². The third kappa shape index (κ3) is 5.37. The first kappa shape index (κ1) is 20.1. The number of thioether (sulfide) groups is 1. The Morgan fingerprint density at radius 2 is 1.85 bits per heavy atom. The highest BCUT2D eigenvalue weighted by Gasteiger charge is 2.30. The van der Waals surface area contributed by atoms with Crippen LogP contribution in [0.1, 0.15) is 15.9 Å². The van der Waals surface area contributed by atoms with E-state index in [1.54, 1.807) is 0 Å². The summed E-state index contributed by atoms with van der Waals surface area (Å²) < 4.78 is 50.9. The molecule has 138 valence electrons. The van der Waals surface area contributed by atoms with Crippen LogP contribution in [0.15, 0.2) is 41.3 Å². The minimum Gasteiger partial charge on any atom is -0.308 e. The molecule has 2 aromatic carbocycles. The Kier molecular flexibility index (Phi) is 6.14. The number of anilines is 1. The molecule has 4 nitrogen and oxygen atoms in total. The second-order valence-electron chi connectivity index (χ2n) is 5.03. The summed E-state index contributed by atoms with van der Waals surface area (Å²) in [7, 11) is 0. The van der Waals surface area contributed by atoms with Crippen molar-refractivity contribution in [2.45, 2.75) is 17.3 Å². The van der Waals surface area contributed by atoms with Gasteiger partial charge in [-0.25, -0.2) is 9.18 Å². The predicted molar refractivity (Wildman–Crippen MR) is 91.0 cm³/mol. The quantitative estimate of drug-likeness (QED) is 0.533. The first-order valence-corrected chi connectivity index (χ1v) is 8.19. The van der Waals surface area contributed by atoms with Crippen LogP contribution in [0.3, 0.4) is 0 Å². The third-order valence-electron chi connectivity index (χ3n) is 3.08. The van der Waals surface area contributed by atoms with Gasteiger partial charge in [-0.15, -0.1) is 0 Å². The lowest BCUT2D eigenvalue weighted by atomic mass is 10.2. The van der Waals surface area contributed by atoms with E-state index in [-0.39, 0.29) is 32.9 Å². The number of rotatable bonds is 3. The second-order valence-corrected chi connectivity index (χ2v) is 6.55. The Labute approximate surface area is 154 Å². The summed E-state index contributed by atoms with van der Waals surface area (Å²) in [5.41, 5.74) is -4.47. The molecule has 0 saturated heterocycles. The molecule has 0 aliphatic rings. The zero-order valence-corrected chi connectivity index (χ0v) is 14.7. The molecule has 2 rings (SSSR count). The predicted octanol–water partition coefficient (Wildman–Crippen LogP) is 5.36. The van der Waals surface area contributed by atoms with Crippen LogP contribution in [0.4, 0.5) is 28.0 Å². The van der Waals surface area contributed by atoms with E-state index >= 15 is 0 Å². The zero-order valence-electron chi connectivity index (χ0n) is 13.1. The number of amides is 3. The molecule has 10 heteroatoms. The van der Waals surface area contributed by atoms with Gasteiger partial charge in [-0.2, -0.15) is 13.2 Å². The fourth-order valence-corrected chi connectivity index (χ4v) is 2.86. The molecule has 2 N–H and O–H groups in total. The van der Waals surface area contributed by atoms with E-state index in [0.717, 1.165) is 6.07 Å². The number of hydrogen-bond acceptors (Lipinski definition) is 3. The van der Waals surface area contributed by atoms with Crippen molar-refractivity contribution < 1.29 is 27.2 Å². The number of nitrogens with one attached hydrogen (secondary N) is 2. The summed E-state index contributed by atoms with van der Waals surface area (Å²) in [6.07, 6.45) is 0. The molecule has 0 bridgehead atoms. The highest BCUT2D eigenvalue weighted by molar-refractivity contribution is 8.00. The van der Waals surface area contributed by atoms with Crippen LogP contribution >= 0.6 is 23.4 Å². The lowest BCUT2D eigenvalue weighted by molar-refractivity contribution is -0.0328. The first-order valence-electron chi connectivity index (χ1n) is 6.99. The molecule has 0 aromatic heterocycles. The Morgan fingerprint density at radius 1 is 1.15 bits per heavy atom. The maximum absolute atomic E-state index is 13.6. The standard InChI is InChI=1S/C16H11ClF4N2O2S/c1-8-7-9(5-6-12(8)26-16(19,20)21)22-15(25)23-14(24)13-10(17)3-2-4-11(13)18/h2-7H,1H3,(H2,22,23,24,25). The van der Waals surface area contributed by atoms with Gasteiger partial charge in [0.05, 0.1) is 10.6 Å². The van der Waals surface area contributed by atoms with E-state index in [9.17, 15) is 27.2 Å². The zero-order chi connectivity index (χ0) is 19.5. The molecule has 0 aliphatic heterocycles. The topological polar surface area (TPSA) is 58.2 Å². The summed E-state index contributed by atoms with van der Waals surface area (Å²) in [5, 5.41) is 4.02.